The number of hydrogen-bond acceptors (Lipinski definition) is 6. The number of ether oxygens (including phenoxy) is 2. The van der Waals surface area contributed by atoms with Gasteiger partial charge in [0.05, 0.1) is 11.1 Å². The number of aryl methyl sites for hydroxylation is 2. The minimum Gasteiger partial charge on any atom is -0.490 e. The molecule has 30 heavy (non-hydrogen) atoms. The van der Waals surface area contributed by atoms with Crippen molar-refractivity contribution >= 4 is 21.9 Å². The van der Waals surface area contributed by atoms with E-state index in [-0.39, 0.29) is 0 Å². The summed E-state index contributed by atoms with van der Waals surface area (Å²) < 4.78 is 14.6. The van der Waals surface area contributed by atoms with Crippen LogP contribution in [0.1, 0.15) is 43.4 Å². The number of nitrogens with one attached hydrogen (secondary N) is 1. The lowest BCUT2D eigenvalue weighted by Gasteiger charge is -2.16. The van der Waals surface area contributed by atoms with Crippen molar-refractivity contribution in [1.29, 1.82) is 0 Å². The van der Waals surface area contributed by atoms with Crippen LogP contribution in [0.5, 0.6) is 11.5 Å². The molecule has 0 aliphatic carbocycles. The molecule has 3 aromatic rings. The molecule has 0 saturated carbocycles. The van der Waals surface area contributed by atoms with E-state index >= 15 is 0 Å². The first kappa shape index (κ1) is 22.1. The summed E-state index contributed by atoms with van der Waals surface area (Å²) in [6.07, 6.45) is 2.13. The number of nitrogens with zero attached hydrogens (tertiary/aromatic N) is 4. The Morgan fingerprint density at radius 1 is 1.07 bits per heavy atom. The normalized spacial score (nSPS) is 10.8. The zero-order valence-corrected chi connectivity index (χ0v) is 19.3. The fourth-order valence-electron chi connectivity index (χ4n) is 2.94. The highest BCUT2D eigenvalue weighted by Gasteiger charge is 2.14. The van der Waals surface area contributed by atoms with Gasteiger partial charge in [-0.25, -0.2) is 4.68 Å². The molecule has 7 nitrogen and oxygen atoms in total. The topological polar surface area (TPSA) is 74.1 Å². The minimum absolute atomic E-state index is 0.475. The van der Waals surface area contributed by atoms with E-state index < -0.39 is 0 Å². The summed E-state index contributed by atoms with van der Waals surface area (Å²) in [5.74, 6) is 2.08. The molecule has 0 radical (unpaired) electrons. The van der Waals surface area contributed by atoms with Gasteiger partial charge in [-0.05, 0) is 69.9 Å². The van der Waals surface area contributed by atoms with Crippen LogP contribution in [0.2, 0.25) is 0 Å². The molecule has 0 amide bonds. The Morgan fingerprint density at radius 2 is 1.87 bits per heavy atom. The first-order chi connectivity index (χ1) is 14.6. The number of hydrogen-bond donors (Lipinski definition) is 1. The SMILES string of the molecule is CCCCn1nnnc1NCc1cc(Br)c(OCc2ccc(C)cc2)c(OCC)c1. The van der Waals surface area contributed by atoms with E-state index in [1.807, 2.05) is 19.1 Å². The average Bonchev–Trinajstić information content (AvgIpc) is 3.19. The smallest absolute Gasteiger partial charge is 0.243 e. The Balaban J connectivity index is 1.70. The van der Waals surface area contributed by atoms with Gasteiger partial charge in [0.1, 0.15) is 6.61 Å². The highest BCUT2D eigenvalue weighted by molar-refractivity contribution is 9.10. The summed E-state index contributed by atoms with van der Waals surface area (Å²) >= 11 is 3.64. The van der Waals surface area contributed by atoms with E-state index in [2.05, 4.69) is 74.9 Å². The molecule has 2 aromatic carbocycles. The monoisotopic (exact) mass is 473 g/mol. The molecule has 3 rings (SSSR count). The average molecular weight is 474 g/mol. The lowest BCUT2D eigenvalue weighted by molar-refractivity contribution is 0.267. The summed E-state index contributed by atoms with van der Waals surface area (Å²) in [4.78, 5) is 0. The van der Waals surface area contributed by atoms with Crippen LogP contribution in [-0.4, -0.2) is 26.8 Å². The Hall–Kier alpha value is -2.61. The van der Waals surface area contributed by atoms with E-state index in [0.29, 0.717) is 37.2 Å². The van der Waals surface area contributed by atoms with Crippen LogP contribution in [0.3, 0.4) is 0 Å². The molecule has 0 aliphatic heterocycles. The maximum atomic E-state index is 6.09. The lowest BCUT2D eigenvalue weighted by Crippen LogP contribution is -2.09. The summed E-state index contributed by atoms with van der Waals surface area (Å²) in [5.41, 5.74) is 3.38. The quantitative estimate of drug-likeness (QED) is 0.415. The molecule has 0 fully saturated rings. The number of anilines is 1. The summed E-state index contributed by atoms with van der Waals surface area (Å²) in [5, 5.41) is 15.2. The zero-order valence-electron chi connectivity index (χ0n) is 17.7. The number of halogens is 1. The zero-order chi connectivity index (χ0) is 21.3. The highest BCUT2D eigenvalue weighted by atomic mass is 79.9. The first-order valence-corrected chi connectivity index (χ1v) is 11.0. The third-order valence-corrected chi connectivity index (χ3v) is 5.17. The van der Waals surface area contributed by atoms with Crippen LogP contribution >= 0.6 is 15.9 Å². The Morgan fingerprint density at radius 3 is 2.60 bits per heavy atom. The van der Waals surface area contributed by atoms with Crippen molar-refractivity contribution in [1.82, 2.24) is 20.2 Å². The molecule has 0 spiro atoms. The standard InChI is InChI=1S/C22H28BrN5O2/c1-4-6-11-28-22(25-26-27-28)24-14-18-12-19(23)21(20(13-18)29-5-2)30-15-17-9-7-16(3)8-10-17/h7-10,12-13H,4-6,11,14-15H2,1-3H3,(H,24,25,27). The molecular formula is C22H28BrN5O2. The molecule has 0 saturated heterocycles. The minimum atomic E-state index is 0.475. The number of benzene rings is 2. The highest BCUT2D eigenvalue weighted by Crippen LogP contribution is 2.37. The number of unbranched alkanes of at least 4 members (excludes halogenated alkanes) is 1. The fraction of sp³-hybridized carbons (Fsp3) is 0.409. The molecule has 0 unspecified atom stereocenters. The van der Waals surface area contributed by atoms with Crippen LogP contribution in [0.25, 0.3) is 0 Å². The van der Waals surface area contributed by atoms with Crippen LogP contribution in [0.4, 0.5) is 5.95 Å². The van der Waals surface area contributed by atoms with Crippen molar-refractivity contribution in [3.05, 3.63) is 57.6 Å². The maximum absolute atomic E-state index is 6.09. The molecule has 0 atom stereocenters. The van der Waals surface area contributed by atoms with E-state index in [4.69, 9.17) is 9.47 Å². The van der Waals surface area contributed by atoms with E-state index in [1.165, 1.54) is 5.56 Å². The molecular weight excluding hydrogens is 446 g/mol. The molecule has 8 heteroatoms. The summed E-state index contributed by atoms with van der Waals surface area (Å²) in [6.45, 7) is 8.58. The second-order valence-corrected chi connectivity index (χ2v) is 7.90. The van der Waals surface area contributed by atoms with Gasteiger partial charge in [0.25, 0.3) is 0 Å². The van der Waals surface area contributed by atoms with Gasteiger partial charge in [0.15, 0.2) is 11.5 Å². The Bertz CT molecular complexity index is 943. The number of tetrazole rings is 1. The van der Waals surface area contributed by atoms with Crippen LogP contribution in [0.15, 0.2) is 40.9 Å². The van der Waals surface area contributed by atoms with Gasteiger partial charge in [0.2, 0.25) is 5.95 Å². The molecule has 1 N–H and O–H groups in total. The Labute approximate surface area is 185 Å². The van der Waals surface area contributed by atoms with Gasteiger partial charge in [-0.2, -0.15) is 0 Å². The van der Waals surface area contributed by atoms with Gasteiger partial charge in [-0.3, -0.25) is 0 Å². The second-order valence-electron chi connectivity index (χ2n) is 7.04. The van der Waals surface area contributed by atoms with Gasteiger partial charge in [0, 0.05) is 13.1 Å². The third-order valence-electron chi connectivity index (χ3n) is 4.58. The number of rotatable bonds is 11. The Kier molecular flexibility index (Phi) is 8.07. The van der Waals surface area contributed by atoms with Gasteiger partial charge >= 0.3 is 0 Å². The van der Waals surface area contributed by atoms with Gasteiger partial charge in [-0.15, -0.1) is 0 Å². The predicted molar refractivity (Wildman–Crippen MR) is 121 cm³/mol. The summed E-state index contributed by atoms with van der Waals surface area (Å²) in [7, 11) is 0. The van der Waals surface area contributed by atoms with Crippen molar-refractivity contribution in [2.24, 2.45) is 0 Å². The third kappa shape index (κ3) is 5.95. The van der Waals surface area contributed by atoms with Gasteiger partial charge < -0.3 is 14.8 Å². The van der Waals surface area contributed by atoms with Crippen LogP contribution in [-0.2, 0) is 19.7 Å². The van der Waals surface area contributed by atoms with Crippen LogP contribution < -0.4 is 14.8 Å². The number of aromatic nitrogens is 4. The second kappa shape index (κ2) is 11.0. The summed E-state index contributed by atoms with van der Waals surface area (Å²) in [6, 6.07) is 12.3. The van der Waals surface area contributed by atoms with Crippen molar-refractivity contribution < 1.29 is 9.47 Å². The molecule has 1 aromatic heterocycles. The lowest BCUT2D eigenvalue weighted by atomic mass is 10.1. The van der Waals surface area contributed by atoms with Crippen molar-refractivity contribution in [2.45, 2.75) is 53.3 Å². The van der Waals surface area contributed by atoms with Crippen molar-refractivity contribution in [2.75, 3.05) is 11.9 Å². The molecule has 160 valence electrons. The molecule has 1 heterocycles. The molecule has 0 aliphatic rings. The van der Waals surface area contributed by atoms with Crippen LogP contribution in [0, 0.1) is 6.92 Å². The maximum Gasteiger partial charge on any atom is 0.243 e. The van der Waals surface area contributed by atoms with E-state index in [1.54, 1.807) is 4.68 Å². The largest absolute Gasteiger partial charge is 0.490 e. The first-order valence-electron chi connectivity index (χ1n) is 10.2. The molecule has 0 bridgehead atoms. The van der Waals surface area contributed by atoms with E-state index in [0.717, 1.165) is 35.0 Å². The van der Waals surface area contributed by atoms with E-state index in [9.17, 15) is 0 Å². The van der Waals surface area contributed by atoms with Crippen molar-refractivity contribution in [3.8, 4) is 11.5 Å². The predicted octanol–water partition coefficient (Wildman–Crippen LogP) is 5.13. The van der Waals surface area contributed by atoms with Crippen molar-refractivity contribution in [3.63, 3.8) is 0 Å². The van der Waals surface area contributed by atoms with Gasteiger partial charge in [-0.1, -0.05) is 48.3 Å². The fourth-order valence-corrected chi connectivity index (χ4v) is 3.54.